The molecule has 0 spiro atoms. The van der Waals surface area contributed by atoms with Crippen LogP contribution in [0, 0.1) is 0 Å². The monoisotopic (exact) mass is 382 g/mol. The van der Waals surface area contributed by atoms with Crippen LogP contribution in [0.15, 0.2) is 17.5 Å². The summed E-state index contributed by atoms with van der Waals surface area (Å²) in [5, 5.41) is 8.30. The van der Waals surface area contributed by atoms with Gasteiger partial charge in [-0.25, -0.2) is 0 Å². The molecule has 5 heteroatoms. The average molecular weight is 383 g/mol. The number of thiocarbonyl (C=S) groups is 1. The lowest BCUT2D eigenvalue weighted by atomic mass is 10.1. The van der Waals surface area contributed by atoms with Crippen LogP contribution in [0.2, 0.25) is 0 Å². The second kappa shape index (κ2) is 15.3. The third kappa shape index (κ3) is 13.0. The first-order valence-electron chi connectivity index (χ1n) is 9.82. The van der Waals surface area contributed by atoms with Gasteiger partial charge >= 0.3 is 0 Å². The smallest absolute Gasteiger partial charge is 0.226 e. The summed E-state index contributed by atoms with van der Waals surface area (Å²) in [5.74, 6) is 0.0274. The fourth-order valence-electron chi connectivity index (χ4n) is 2.76. The quantitative estimate of drug-likeness (QED) is 0.309. The number of carbonyl (C=O) groups is 1. The molecule has 0 fully saturated rings. The lowest BCUT2D eigenvalue weighted by Gasteiger charge is -2.08. The Morgan fingerprint density at radius 2 is 1.60 bits per heavy atom. The molecule has 0 aliphatic carbocycles. The van der Waals surface area contributed by atoms with Crippen LogP contribution in [0.4, 0.5) is 0 Å². The second-order valence-electron chi connectivity index (χ2n) is 6.60. The molecule has 0 aliphatic heterocycles. The summed E-state index contributed by atoms with van der Waals surface area (Å²) < 4.78 is 0. The molecule has 3 nitrogen and oxygen atoms in total. The fourth-order valence-corrected chi connectivity index (χ4v) is 3.59. The number of carbonyl (C=O) groups excluding carboxylic acids is 1. The normalized spacial score (nSPS) is 10.6. The van der Waals surface area contributed by atoms with E-state index in [2.05, 4.69) is 17.6 Å². The number of hydrogen-bond acceptors (Lipinski definition) is 3. The molecular weight excluding hydrogens is 348 g/mol. The summed E-state index contributed by atoms with van der Waals surface area (Å²) in [5.41, 5.74) is 0. The Kier molecular flexibility index (Phi) is 13.5. The molecule has 0 aromatic carbocycles. The highest BCUT2D eigenvalue weighted by Gasteiger charge is 2.04. The first-order chi connectivity index (χ1) is 12.2. The van der Waals surface area contributed by atoms with Crippen molar-refractivity contribution >= 4 is 34.6 Å². The van der Waals surface area contributed by atoms with Gasteiger partial charge in [0, 0.05) is 11.3 Å². The van der Waals surface area contributed by atoms with Gasteiger partial charge in [-0.2, -0.15) is 0 Å². The molecule has 25 heavy (non-hydrogen) atoms. The van der Waals surface area contributed by atoms with Gasteiger partial charge in [-0.15, -0.1) is 11.3 Å². The Balaban J connectivity index is 1.87. The SMILES string of the molecule is CCCCCCCCCCCCCC(=O)NC(=S)NCc1cccs1. The van der Waals surface area contributed by atoms with Crippen LogP contribution in [0.5, 0.6) is 0 Å². The maximum absolute atomic E-state index is 11.8. The zero-order valence-corrected chi connectivity index (χ0v) is 17.3. The van der Waals surface area contributed by atoms with E-state index in [4.69, 9.17) is 12.2 Å². The van der Waals surface area contributed by atoms with Crippen LogP contribution >= 0.6 is 23.6 Å². The molecule has 1 heterocycles. The van der Waals surface area contributed by atoms with Crippen molar-refractivity contribution in [1.82, 2.24) is 10.6 Å². The van der Waals surface area contributed by atoms with Crippen LogP contribution in [0.25, 0.3) is 0 Å². The highest BCUT2D eigenvalue weighted by Crippen LogP contribution is 2.12. The van der Waals surface area contributed by atoms with E-state index in [1.54, 1.807) is 11.3 Å². The summed E-state index contributed by atoms with van der Waals surface area (Å²) in [7, 11) is 0. The van der Waals surface area contributed by atoms with Crippen LogP contribution in [0.1, 0.15) is 88.9 Å². The Morgan fingerprint density at radius 1 is 1.00 bits per heavy atom. The summed E-state index contributed by atoms with van der Waals surface area (Å²) in [6, 6.07) is 4.06. The minimum absolute atomic E-state index is 0.0274. The Morgan fingerprint density at radius 3 is 2.16 bits per heavy atom. The van der Waals surface area contributed by atoms with Crippen molar-refractivity contribution in [3.63, 3.8) is 0 Å². The largest absolute Gasteiger partial charge is 0.357 e. The van der Waals surface area contributed by atoms with Crippen molar-refractivity contribution in [2.24, 2.45) is 0 Å². The van der Waals surface area contributed by atoms with Gasteiger partial charge in [0.15, 0.2) is 5.11 Å². The molecule has 0 saturated carbocycles. The Hall–Kier alpha value is -0.940. The van der Waals surface area contributed by atoms with E-state index in [0.29, 0.717) is 18.1 Å². The van der Waals surface area contributed by atoms with Gasteiger partial charge in [-0.05, 0) is 30.1 Å². The van der Waals surface area contributed by atoms with Crippen LogP contribution in [0.3, 0.4) is 0 Å². The molecule has 0 radical (unpaired) electrons. The number of hydrogen-bond donors (Lipinski definition) is 2. The maximum Gasteiger partial charge on any atom is 0.226 e. The fraction of sp³-hybridized carbons (Fsp3) is 0.700. The maximum atomic E-state index is 11.8. The number of thiophene rings is 1. The number of nitrogens with one attached hydrogen (secondary N) is 2. The predicted octanol–water partition coefficient (Wildman–Crippen LogP) is 5.94. The van der Waals surface area contributed by atoms with Crippen molar-refractivity contribution in [1.29, 1.82) is 0 Å². The summed E-state index contributed by atoms with van der Waals surface area (Å²) >= 11 is 6.83. The van der Waals surface area contributed by atoms with E-state index in [9.17, 15) is 4.79 Å². The number of rotatable bonds is 14. The average Bonchev–Trinajstić information content (AvgIpc) is 3.11. The zero-order valence-electron chi connectivity index (χ0n) is 15.6. The molecule has 1 amide bonds. The Bertz CT molecular complexity index is 460. The van der Waals surface area contributed by atoms with Crippen molar-refractivity contribution in [2.45, 2.75) is 90.5 Å². The molecule has 1 aromatic rings. The lowest BCUT2D eigenvalue weighted by molar-refractivity contribution is -0.119. The molecule has 0 bridgehead atoms. The van der Waals surface area contributed by atoms with Gasteiger partial charge in [0.05, 0.1) is 6.54 Å². The number of unbranched alkanes of at least 4 members (excludes halogenated alkanes) is 10. The van der Waals surface area contributed by atoms with Crippen molar-refractivity contribution in [3.05, 3.63) is 22.4 Å². The molecule has 142 valence electrons. The highest BCUT2D eigenvalue weighted by molar-refractivity contribution is 7.80. The molecule has 1 aromatic heterocycles. The van der Waals surface area contributed by atoms with E-state index in [0.717, 1.165) is 12.8 Å². The van der Waals surface area contributed by atoms with Gasteiger partial charge in [0.1, 0.15) is 0 Å². The molecule has 0 atom stereocenters. The van der Waals surface area contributed by atoms with Gasteiger partial charge in [-0.3, -0.25) is 4.79 Å². The number of amides is 1. The molecule has 1 rings (SSSR count). The minimum Gasteiger partial charge on any atom is -0.357 e. The summed E-state index contributed by atoms with van der Waals surface area (Å²) in [4.78, 5) is 13.0. The Labute approximate surface area is 163 Å². The third-order valence-electron chi connectivity index (χ3n) is 4.26. The molecule has 0 unspecified atom stereocenters. The first-order valence-corrected chi connectivity index (χ1v) is 11.1. The predicted molar refractivity (Wildman–Crippen MR) is 113 cm³/mol. The highest BCUT2D eigenvalue weighted by atomic mass is 32.1. The van der Waals surface area contributed by atoms with Crippen LogP contribution < -0.4 is 10.6 Å². The van der Waals surface area contributed by atoms with Gasteiger partial charge in [0.2, 0.25) is 5.91 Å². The molecule has 2 N–H and O–H groups in total. The molecule has 0 aliphatic rings. The molecule has 0 saturated heterocycles. The van der Waals surface area contributed by atoms with E-state index < -0.39 is 0 Å². The van der Waals surface area contributed by atoms with E-state index in [1.807, 2.05) is 17.5 Å². The lowest BCUT2D eigenvalue weighted by Crippen LogP contribution is -2.38. The summed E-state index contributed by atoms with van der Waals surface area (Å²) in [6.45, 7) is 2.94. The topological polar surface area (TPSA) is 41.1 Å². The van der Waals surface area contributed by atoms with Crippen molar-refractivity contribution in [3.8, 4) is 0 Å². The standard InChI is InChI=1S/C20H34N2OS2/c1-2-3-4-5-6-7-8-9-10-11-12-15-19(23)22-20(24)21-17-18-14-13-16-25-18/h13-14,16H,2-12,15,17H2,1H3,(H2,21,22,23,24). The van der Waals surface area contributed by atoms with E-state index >= 15 is 0 Å². The zero-order chi connectivity index (χ0) is 18.2. The van der Waals surface area contributed by atoms with Crippen LogP contribution in [-0.2, 0) is 11.3 Å². The first kappa shape index (κ1) is 22.1. The van der Waals surface area contributed by atoms with E-state index in [-0.39, 0.29) is 5.91 Å². The third-order valence-corrected chi connectivity index (χ3v) is 5.39. The van der Waals surface area contributed by atoms with Gasteiger partial charge in [-0.1, -0.05) is 77.2 Å². The van der Waals surface area contributed by atoms with Gasteiger partial charge < -0.3 is 10.6 Å². The van der Waals surface area contributed by atoms with Crippen LogP contribution in [-0.4, -0.2) is 11.0 Å². The van der Waals surface area contributed by atoms with E-state index in [1.165, 1.54) is 62.7 Å². The van der Waals surface area contributed by atoms with Gasteiger partial charge in [0.25, 0.3) is 0 Å². The summed E-state index contributed by atoms with van der Waals surface area (Å²) in [6.07, 6.45) is 14.8. The minimum atomic E-state index is 0.0274. The second-order valence-corrected chi connectivity index (χ2v) is 8.04. The van der Waals surface area contributed by atoms with Crippen molar-refractivity contribution < 1.29 is 4.79 Å². The molecular formula is C20H34N2OS2. The van der Waals surface area contributed by atoms with Crippen molar-refractivity contribution in [2.75, 3.05) is 0 Å².